The lowest BCUT2D eigenvalue weighted by atomic mass is 10.2. The largest absolute Gasteiger partial charge is 0.373 e. The molecule has 2 saturated heterocycles. The second-order valence-electron chi connectivity index (χ2n) is 6.43. The molecule has 3 amide bonds. The minimum absolute atomic E-state index is 0.0360. The lowest BCUT2D eigenvalue weighted by Gasteiger charge is -2.36. The third kappa shape index (κ3) is 4.56. The first kappa shape index (κ1) is 18.7. The summed E-state index contributed by atoms with van der Waals surface area (Å²) in [5.41, 5.74) is 0. The number of halogens is 1. The summed E-state index contributed by atoms with van der Waals surface area (Å²) in [7, 11) is 0. The number of hydrogen-bond acceptors (Lipinski definition) is 5. The van der Waals surface area contributed by atoms with Crippen LogP contribution in [-0.4, -0.2) is 85.2 Å². The minimum Gasteiger partial charge on any atom is -0.373 e. The normalized spacial score (nSPS) is 20.8. The molecule has 0 saturated carbocycles. The van der Waals surface area contributed by atoms with Gasteiger partial charge in [0, 0.05) is 58.9 Å². The van der Waals surface area contributed by atoms with Gasteiger partial charge < -0.3 is 24.8 Å². The van der Waals surface area contributed by atoms with Gasteiger partial charge in [-0.1, -0.05) is 11.6 Å². The van der Waals surface area contributed by atoms with E-state index in [1.54, 1.807) is 29.0 Å². The van der Waals surface area contributed by atoms with Gasteiger partial charge in [0.25, 0.3) is 0 Å². The molecule has 0 bridgehead atoms. The van der Waals surface area contributed by atoms with Gasteiger partial charge in [-0.15, -0.1) is 0 Å². The predicted octanol–water partition coefficient (Wildman–Crippen LogP) is 0.814. The summed E-state index contributed by atoms with van der Waals surface area (Å²) >= 11 is 6.19. The predicted molar refractivity (Wildman–Crippen MR) is 98.4 cm³/mol. The molecule has 0 radical (unpaired) electrons. The zero-order valence-corrected chi connectivity index (χ0v) is 15.6. The zero-order chi connectivity index (χ0) is 18.5. The fourth-order valence-corrected chi connectivity index (χ4v) is 3.41. The number of hydrogen-bond donors (Lipinski definition) is 1. The number of nitrogens with zero attached hydrogens (tertiary/aromatic N) is 4. The summed E-state index contributed by atoms with van der Waals surface area (Å²) in [4.78, 5) is 33.8. The van der Waals surface area contributed by atoms with Crippen LogP contribution >= 0.6 is 11.6 Å². The SMILES string of the molecule is CC(=O)N1CCO[C@@H](CNC(=O)N2CCN(c3ncccc3Cl)CC2)C1. The van der Waals surface area contributed by atoms with Crippen LogP contribution in [0.2, 0.25) is 5.02 Å². The maximum Gasteiger partial charge on any atom is 0.317 e. The van der Waals surface area contributed by atoms with Crippen molar-refractivity contribution in [1.29, 1.82) is 0 Å². The molecule has 2 aliphatic heterocycles. The fourth-order valence-electron chi connectivity index (χ4n) is 3.17. The molecule has 3 heterocycles. The molecule has 0 unspecified atom stereocenters. The smallest absolute Gasteiger partial charge is 0.317 e. The second kappa shape index (κ2) is 8.55. The molecule has 9 heteroatoms. The molecular weight excluding hydrogens is 358 g/mol. The van der Waals surface area contributed by atoms with Gasteiger partial charge in [-0.05, 0) is 12.1 Å². The third-order valence-corrected chi connectivity index (χ3v) is 4.97. The van der Waals surface area contributed by atoms with Crippen LogP contribution in [-0.2, 0) is 9.53 Å². The van der Waals surface area contributed by atoms with Gasteiger partial charge in [0.05, 0.1) is 17.7 Å². The van der Waals surface area contributed by atoms with Gasteiger partial charge in [0.15, 0.2) is 0 Å². The van der Waals surface area contributed by atoms with Crippen molar-refractivity contribution in [3.05, 3.63) is 23.4 Å². The summed E-state index contributed by atoms with van der Waals surface area (Å²) in [6.07, 6.45) is 1.56. The van der Waals surface area contributed by atoms with Crippen LogP contribution in [0.3, 0.4) is 0 Å². The molecule has 2 fully saturated rings. The van der Waals surface area contributed by atoms with Crippen molar-refractivity contribution in [3.63, 3.8) is 0 Å². The van der Waals surface area contributed by atoms with Crippen molar-refractivity contribution in [3.8, 4) is 0 Å². The lowest BCUT2D eigenvalue weighted by Crippen LogP contribution is -2.54. The number of pyridine rings is 1. The Kier molecular flexibility index (Phi) is 6.16. The Morgan fingerprint density at radius 1 is 1.27 bits per heavy atom. The maximum absolute atomic E-state index is 12.4. The quantitative estimate of drug-likeness (QED) is 0.838. The van der Waals surface area contributed by atoms with E-state index in [-0.39, 0.29) is 18.0 Å². The Labute approximate surface area is 158 Å². The number of nitrogens with one attached hydrogen (secondary N) is 1. The van der Waals surface area contributed by atoms with Crippen molar-refractivity contribution >= 4 is 29.4 Å². The summed E-state index contributed by atoms with van der Waals surface area (Å²) < 4.78 is 5.63. The highest BCUT2D eigenvalue weighted by molar-refractivity contribution is 6.32. The summed E-state index contributed by atoms with van der Waals surface area (Å²) in [5.74, 6) is 0.795. The number of ether oxygens (including phenoxy) is 1. The first-order valence-electron chi connectivity index (χ1n) is 8.80. The molecule has 1 N–H and O–H groups in total. The van der Waals surface area contributed by atoms with E-state index in [1.807, 2.05) is 6.07 Å². The molecule has 1 aromatic rings. The van der Waals surface area contributed by atoms with Gasteiger partial charge in [0.2, 0.25) is 5.91 Å². The molecule has 142 valence electrons. The van der Waals surface area contributed by atoms with E-state index in [0.29, 0.717) is 57.4 Å². The van der Waals surface area contributed by atoms with Crippen LogP contribution in [0.25, 0.3) is 0 Å². The van der Waals surface area contributed by atoms with Crippen molar-refractivity contribution in [2.75, 3.05) is 57.3 Å². The van der Waals surface area contributed by atoms with Gasteiger partial charge >= 0.3 is 6.03 Å². The molecule has 1 aromatic heterocycles. The van der Waals surface area contributed by atoms with Crippen molar-refractivity contribution in [2.24, 2.45) is 0 Å². The highest BCUT2D eigenvalue weighted by Gasteiger charge is 2.25. The van der Waals surface area contributed by atoms with E-state index in [4.69, 9.17) is 16.3 Å². The third-order valence-electron chi connectivity index (χ3n) is 4.67. The molecule has 8 nitrogen and oxygen atoms in total. The average molecular weight is 382 g/mol. The first-order valence-corrected chi connectivity index (χ1v) is 9.17. The summed E-state index contributed by atoms with van der Waals surface area (Å²) in [5, 5.41) is 3.53. The van der Waals surface area contributed by atoms with Crippen LogP contribution in [0.1, 0.15) is 6.92 Å². The minimum atomic E-state index is -0.162. The average Bonchev–Trinajstić information content (AvgIpc) is 2.67. The van der Waals surface area contributed by atoms with E-state index < -0.39 is 0 Å². The number of carbonyl (C=O) groups excluding carboxylic acids is 2. The number of urea groups is 1. The second-order valence-corrected chi connectivity index (χ2v) is 6.83. The summed E-state index contributed by atoms with van der Waals surface area (Å²) in [6.45, 7) is 6.14. The highest BCUT2D eigenvalue weighted by atomic mass is 35.5. The fraction of sp³-hybridized carbons (Fsp3) is 0.588. The zero-order valence-electron chi connectivity index (χ0n) is 14.9. The van der Waals surface area contributed by atoms with E-state index >= 15 is 0 Å². The van der Waals surface area contributed by atoms with Crippen LogP contribution in [0, 0.1) is 0 Å². The first-order chi connectivity index (χ1) is 12.5. The van der Waals surface area contributed by atoms with E-state index in [2.05, 4.69) is 15.2 Å². The number of carbonyl (C=O) groups is 2. The Morgan fingerprint density at radius 3 is 2.73 bits per heavy atom. The van der Waals surface area contributed by atoms with E-state index in [9.17, 15) is 9.59 Å². The Hall–Kier alpha value is -2.06. The van der Waals surface area contributed by atoms with Gasteiger partial charge in [-0.2, -0.15) is 0 Å². The Bertz CT molecular complexity index is 651. The molecule has 0 aromatic carbocycles. The topological polar surface area (TPSA) is 78.0 Å². The standard InChI is InChI=1S/C17H24ClN5O3/c1-13(24)23-9-10-26-14(12-23)11-20-17(25)22-7-5-21(6-8-22)16-15(18)3-2-4-19-16/h2-4,14H,5-12H2,1H3,(H,20,25)/t14-/m0/s1. The van der Waals surface area contributed by atoms with E-state index in [0.717, 1.165) is 5.82 Å². The van der Waals surface area contributed by atoms with Gasteiger partial charge in [-0.25, -0.2) is 9.78 Å². The van der Waals surface area contributed by atoms with Crippen LogP contribution in [0.5, 0.6) is 0 Å². The van der Waals surface area contributed by atoms with E-state index in [1.165, 1.54) is 0 Å². The summed E-state index contributed by atoms with van der Waals surface area (Å²) in [6, 6.07) is 3.51. The van der Waals surface area contributed by atoms with Crippen molar-refractivity contribution < 1.29 is 14.3 Å². The van der Waals surface area contributed by atoms with Crippen molar-refractivity contribution in [1.82, 2.24) is 20.1 Å². The van der Waals surface area contributed by atoms with Gasteiger partial charge in [0.1, 0.15) is 5.82 Å². The number of piperazine rings is 1. The number of aromatic nitrogens is 1. The number of rotatable bonds is 3. The molecular formula is C17H24ClN5O3. The Balaban J connectivity index is 1.44. The number of amides is 3. The van der Waals surface area contributed by atoms with Crippen LogP contribution < -0.4 is 10.2 Å². The lowest BCUT2D eigenvalue weighted by molar-refractivity contribution is -0.136. The molecule has 0 aliphatic carbocycles. The Morgan fingerprint density at radius 2 is 2.04 bits per heavy atom. The molecule has 0 spiro atoms. The molecule has 2 aliphatic rings. The highest BCUT2D eigenvalue weighted by Crippen LogP contribution is 2.23. The molecule has 1 atom stereocenters. The number of anilines is 1. The maximum atomic E-state index is 12.4. The van der Waals surface area contributed by atoms with Crippen molar-refractivity contribution in [2.45, 2.75) is 13.0 Å². The van der Waals surface area contributed by atoms with Crippen LogP contribution in [0.4, 0.5) is 10.6 Å². The van der Waals surface area contributed by atoms with Crippen LogP contribution in [0.15, 0.2) is 18.3 Å². The van der Waals surface area contributed by atoms with Gasteiger partial charge in [-0.3, -0.25) is 4.79 Å². The number of morpholine rings is 1. The monoisotopic (exact) mass is 381 g/mol. The molecule has 3 rings (SSSR count). The molecule has 26 heavy (non-hydrogen) atoms.